The van der Waals surface area contributed by atoms with E-state index in [0.29, 0.717) is 21.6 Å². The van der Waals surface area contributed by atoms with Crippen molar-refractivity contribution in [3.05, 3.63) is 90.5 Å². The van der Waals surface area contributed by atoms with Crippen LogP contribution in [0, 0.1) is 20.2 Å². The topological polar surface area (TPSA) is 141 Å². The van der Waals surface area contributed by atoms with Crippen molar-refractivity contribution in [2.45, 2.75) is 0 Å². The van der Waals surface area contributed by atoms with Gasteiger partial charge in [-0.05, 0) is 30.3 Å². The van der Waals surface area contributed by atoms with E-state index in [4.69, 9.17) is 16.0 Å². The first-order chi connectivity index (χ1) is 15.3. The molecule has 160 valence electrons. The second-order valence-electron chi connectivity index (χ2n) is 6.41. The number of hydrazone groups is 1. The van der Waals surface area contributed by atoms with Gasteiger partial charge in [0.05, 0.1) is 26.0 Å². The van der Waals surface area contributed by atoms with E-state index in [-0.39, 0.29) is 22.2 Å². The fraction of sp³-hybridized carbons (Fsp3) is 0. The first-order valence-corrected chi connectivity index (χ1v) is 10.1. The zero-order chi connectivity index (χ0) is 22.8. The molecule has 2 aromatic heterocycles. The Morgan fingerprint density at radius 1 is 1.03 bits per heavy atom. The first kappa shape index (κ1) is 21.2. The third-order valence-corrected chi connectivity index (χ3v) is 5.79. The van der Waals surface area contributed by atoms with Gasteiger partial charge in [-0.15, -0.1) is 11.3 Å². The van der Waals surface area contributed by atoms with E-state index in [0.717, 1.165) is 4.70 Å². The number of hydrogen-bond donors (Lipinski definition) is 1. The summed E-state index contributed by atoms with van der Waals surface area (Å²) in [6.45, 7) is 0. The van der Waals surface area contributed by atoms with Crippen LogP contribution in [-0.4, -0.2) is 22.0 Å². The standard InChI is InChI=1S/C20H11ClN4O6S/c21-16-4-1-13(25(29)30)9-15(16)17-5-3-14(31-17)10-22-23-20(26)19-8-11-7-12(24(27)28)2-6-18(11)32-19/h1-10H,(H,23,26)/b22-10-. The van der Waals surface area contributed by atoms with Gasteiger partial charge < -0.3 is 4.42 Å². The number of thiophene rings is 1. The lowest BCUT2D eigenvalue weighted by Crippen LogP contribution is -2.15. The maximum atomic E-state index is 12.3. The lowest BCUT2D eigenvalue weighted by Gasteiger charge is -2.00. The minimum Gasteiger partial charge on any atom is -0.455 e. The summed E-state index contributed by atoms with van der Waals surface area (Å²) >= 11 is 7.29. The molecule has 0 atom stereocenters. The van der Waals surface area contributed by atoms with Crippen molar-refractivity contribution in [1.82, 2.24) is 5.43 Å². The first-order valence-electron chi connectivity index (χ1n) is 8.87. The molecule has 0 spiro atoms. The third-order valence-electron chi connectivity index (χ3n) is 4.35. The Hall–Kier alpha value is -4.09. The number of non-ortho nitro benzene ring substituents is 2. The van der Waals surface area contributed by atoms with Crippen LogP contribution >= 0.6 is 22.9 Å². The Kier molecular flexibility index (Phi) is 5.67. The fourth-order valence-corrected chi connectivity index (χ4v) is 3.99. The number of hydrogen-bond acceptors (Lipinski definition) is 8. The van der Waals surface area contributed by atoms with E-state index < -0.39 is 15.8 Å². The number of amides is 1. The largest absolute Gasteiger partial charge is 0.455 e. The van der Waals surface area contributed by atoms with Gasteiger partial charge >= 0.3 is 0 Å². The zero-order valence-corrected chi connectivity index (χ0v) is 17.4. The summed E-state index contributed by atoms with van der Waals surface area (Å²) in [7, 11) is 0. The molecule has 4 aromatic rings. The molecule has 1 amide bonds. The smallest absolute Gasteiger partial charge is 0.281 e. The highest BCUT2D eigenvalue weighted by Crippen LogP contribution is 2.32. The van der Waals surface area contributed by atoms with Crippen LogP contribution in [0.25, 0.3) is 21.4 Å². The lowest BCUT2D eigenvalue weighted by atomic mass is 10.1. The van der Waals surface area contributed by atoms with E-state index >= 15 is 0 Å². The van der Waals surface area contributed by atoms with Crippen LogP contribution in [0.3, 0.4) is 0 Å². The van der Waals surface area contributed by atoms with Crippen molar-refractivity contribution in [2.24, 2.45) is 5.10 Å². The molecule has 0 bridgehead atoms. The van der Waals surface area contributed by atoms with Crippen LogP contribution in [0.1, 0.15) is 15.4 Å². The minimum absolute atomic E-state index is 0.0576. The number of carbonyl (C=O) groups excluding carboxylic acids is 1. The molecule has 0 saturated carbocycles. The van der Waals surface area contributed by atoms with Crippen LogP contribution in [0.5, 0.6) is 0 Å². The van der Waals surface area contributed by atoms with Gasteiger partial charge in [0.25, 0.3) is 17.3 Å². The maximum Gasteiger partial charge on any atom is 0.281 e. The number of furan rings is 1. The van der Waals surface area contributed by atoms with Crippen LogP contribution in [0.2, 0.25) is 5.02 Å². The van der Waals surface area contributed by atoms with Crippen molar-refractivity contribution in [3.63, 3.8) is 0 Å². The average Bonchev–Trinajstić information content (AvgIpc) is 3.40. The summed E-state index contributed by atoms with van der Waals surface area (Å²) in [4.78, 5) is 33.5. The van der Waals surface area contributed by atoms with Crippen molar-refractivity contribution < 1.29 is 19.1 Å². The van der Waals surface area contributed by atoms with Gasteiger partial charge in [0.2, 0.25) is 0 Å². The Bertz CT molecular complexity index is 1410. The van der Waals surface area contributed by atoms with Gasteiger partial charge in [0, 0.05) is 39.9 Å². The van der Waals surface area contributed by atoms with Gasteiger partial charge in [-0.3, -0.25) is 25.0 Å². The summed E-state index contributed by atoms with van der Waals surface area (Å²) in [5, 5.41) is 26.6. The third kappa shape index (κ3) is 4.33. The summed E-state index contributed by atoms with van der Waals surface area (Å²) < 4.78 is 6.32. The van der Waals surface area contributed by atoms with Crippen molar-refractivity contribution in [3.8, 4) is 11.3 Å². The highest BCUT2D eigenvalue weighted by atomic mass is 35.5. The number of nitro benzene ring substituents is 2. The Morgan fingerprint density at radius 2 is 1.75 bits per heavy atom. The van der Waals surface area contributed by atoms with Crippen LogP contribution in [-0.2, 0) is 0 Å². The lowest BCUT2D eigenvalue weighted by molar-refractivity contribution is -0.384. The minimum atomic E-state index is -0.535. The molecule has 32 heavy (non-hydrogen) atoms. The molecule has 4 rings (SSSR count). The number of halogens is 1. The highest BCUT2D eigenvalue weighted by molar-refractivity contribution is 7.20. The predicted molar refractivity (Wildman–Crippen MR) is 119 cm³/mol. The second kappa shape index (κ2) is 8.57. The number of carbonyl (C=O) groups is 1. The SMILES string of the molecule is O=C(N/N=C\c1ccc(-c2cc([N+](=O)[O-])ccc2Cl)o1)c1cc2cc([N+](=O)[O-])ccc2s1. The Labute approximate surface area is 188 Å². The summed E-state index contributed by atoms with van der Waals surface area (Å²) in [6.07, 6.45) is 1.27. The quantitative estimate of drug-likeness (QED) is 0.227. The second-order valence-corrected chi connectivity index (χ2v) is 7.90. The Balaban J connectivity index is 1.47. The highest BCUT2D eigenvalue weighted by Gasteiger charge is 2.15. The molecule has 1 N–H and O–H groups in total. The fourth-order valence-electron chi connectivity index (χ4n) is 2.85. The van der Waals surface area contributed by atoms with E-state index in [9.17, 15) is 25.0 Å². The van der Waals surface area contributed by atoms with E-state index in [2.05, 4.69) is 10.5 Å². The van der Waals surface area contributed by atoms with E-state index in [1.807, 2.05) is 0 Å². The van der Waals surface area contributed by atoms with Crippen LogP contribution in [0.4, 0.5) is 11.4 Å². The summed E-state index contributed by atoms with van der Waals surface area (Å²) in [5.41, 5.74) is 2.53. The molecule has 0 unspecified atom stereocenters. The van der Waals surface area contributed by atoms with Gasteiger partial charge in [-0.1, -0.05) is 11.6 Å². The molecule has 0 aliphatic heterocycles. The monoisotopic (exact) mass is 470 g/mol. The number of rotatable bonds is 6. The summed E-state index contributed by atoms with van der Waals surface area (Å²) in [6, 6.07) is 13.1. The molecule has 10 nitrogen and oxygen atoms in total. The molecule has 12 heteroatoms. The number of nitrogens with one attached hydrogen (secondary N) is 1. The van der Waals surface area contributed by atoms with Gasteiger partial charge in [0.15, 0.2) is 0 Å². The van der Waals surface area contributed by atoms with E-state index in [1.165, 1.54) is 47.9 Å². The molecule has 0 radical (unpaired) electrons. The zero-order valence-electron chi connectivity index (χ0n) is 15.9. The number of nitrogens with zero attached hydrogens (tertiary/aromatic N) is 3. The normalized spacial score (nSPS) is 11.2. The molecule has 2 heterocycles. The van der Waals surface area contributed by atoms with Crippen molar-refractivity contribution >= 4 is 56.5 Å². The molecule has 2 aromatic carbocycles. The number of benzene rings is 2. The molecule has 0 aliphatic rings. The number of nitro groups is 2. The van der Waals surface area contributed by atoms with Crippen LogP contribution < -0.4 is 5.43 Å². The van der Waals surface area contributed by atoms with Gasteiger partial charge in [0.1, 0.15) is 11.5 Å². The molecule has 0 saturated heterocycles. The van der Waals surface area contributed by atoms with Crippen molar-refractivity contribution in [2.75, 3.05) is 0 Å². The van der Waals surface area contributed by atoms with E-state index in [1.54, 1.807) is 24.3 Å². The van der Waals surface area contributed by atoms with Gasteiger partial charge in [-0.2, -0.15) is 5.10 Å². The Morgan fingerprint density at radius 3 is 2.50 bits per heavy atom. The molecular formula is C20H11ClN4O6S. The summed E-state index contributed by atoms with van der Waals surface area (Å²) in [5.74, 6) is 0.103. The molecule has 0 aliphatic carbocycles. The van der Waals surface area contributed by atoms with Gasteiger partial charge in [-0.25, -0.2) is 5.43 Å². The predicted octanol–water partition coefficient (Wildman–Crippen LogP) is 5.40. The average molecular weight is 471 g/mol. The van der Waals surface area contributed by atoms with Crippen molar-refractivity contribution in [1.29, 1.82) is 0 Å². The maximum absolute atomic E-state index is 12.3. The molecule has 0 fully saturated rings. The van der Waals surface area contributed by atoms with Crippen LogP contribution in [0.15, 0.2) is 64.1 Å². The number of fused-ring (bicyclic) bond motifs is 1. The molecular weight excluding hydrogens is 460 g/mol.